The second-order valence-electron chi connectivity index (χ2n) is 8.12. The molecule has 128 valence electrons. The van der Waals surface area contributed by atoms with Crippen LogP contribution in [0.3, 0.4) is 0 Å². The highest BCUT2D eigenvalue weighted by Crippen LogP contribution is 2.40. The molecule has 1 aliphatic carbocycles. The summed E-state index contributed by atoms with van der Waals surface area (Å²) in [6.45, 7) is 14.5. The lowest BCUT2D eigenvalue weighted by Gasteiger charge is -2.49. The molecular weight excluding hydrogens is 296 g/mol. The molecule has 0 aromatic rings. The third kappa shape index (κ3) is 3.90. The summed E-state index contributed by atoms with van der Waals surface area (Å²) in [7, 11) is -1.79. The van der Waals surface area contributed by atoms with Gasteiger partial charge in [0.1, 0.15) is 0 Å². The quantitative estimate of drug-likeness (QED) is 0.807. The van der Waals surface area contributed by atoms with Gasteiger partial charge in [-0.2, -0.15) is 0 Å². The third-order valence-corrected chi connectivity index (χ3v) is 9.89. The predicted octanol–water partition coefficient (Wildman–Crippen LogP) is 2.68. The first-order valence-electron chi connectivity index (χ1n) is 8.48. The standard InChI is InChI=1S/C16H32N2O3Si/c1-12(19)20-18-11-10-17-15-13(18)8-7-9-14(15)21-22(5,6)16(2,3)4/h13-15,17H,7-11H2,1-6H3/t13-,14-,15-/m1/s1. The lowest BCUT2D eigenvalue weighted by molar-refractivity contribution is -0.215. The maximum Gasteiger partial charge on any atom is 0.322 e. The summed E-state index contributed by atoms with van der Waals surface area (Å²) >= 11 is 0. The molecule has 0 bridgehead atoms. The van der Waals surface area contributed by atoms with E-state index in [1.165, 1.54) is 6.92 Å². The van der Waals surface area contributed by atoms with Gasteiger partial charge in [0.25, 0.3) is 0 Å². The lowest BCUT2D eigenvalue weighted by atomic mass is 9.86. The molecule has 2 rings (SSSR count). The smallest absolute Gasteiger partial charge is 0.322 e. The van der Waals surface area contributed by atoms with Crippen molar-refractivity contribution in [2.45, 2.75) is 83.3 Å². The first-order chi connectivity index (χ1) is 10.1. The molecule has 0 aromatic carbocycles. The van der Waals surface area contributed by atoms with Crippen LogP contribution in [0.1, 0.15) is 47.0 Å². The van der Waals surface area contributed by atoms with Crippen LogP contribution in [0.15, 0.2) is 0 Å². The van der Waals surface area contributed by atoms with Crippen LogP contribution in [0.4, 0.5) is 0 Å². The van der Waals surface area contributed by atoms with E-state index >= 15 is 0 Å². The first-order valence-corrected chi connectivity index (χ1v) is 11.4. The summed E-state index contributed by atoms with van der Waals surface area (Å²) in [4.78, 5) is 16.7. The number of rotatable bonds is 3. The molecule has 0 amide bonds. The van der Waals surface area contributed by atoms with Gasteiger partial charge in [-0.15, -0.1) is 5.06 Å². The number of nitrogens with zero attached hydrogens (tertiary/aromatic N) is 1. The fraction of sp³-hybridized carbons (Fsp3) is 0.938. The Labute approximate surface area is 135 Å². The number of hydrogen-bond donors (Lipinski definition) is 1. The van der Waals surface area contributed by atoms with Crippen molar-refractivity contribution in [3.8, 4) is 0 Å². The molecule has 6 heteroatoms. The maximum absolute atomic E-state index is 11.3. The second kappa shape index (κ2) is 6.59. The van der Waals surface area contributed by atoms with Crippen molar-refractivity contribution >= 4 is 14.3 Å². The lowest BCUT2D eigenvalue weighted by Crippen LogP contribution is -2.65. The van der Waals surface area contributed by atoms with E-state index in [-0.39, 0.29) is 29.2 Å². The van der Waals surface area contributed by atoms with Gasteiger partial charge in [-0.1, -0.05) is 20.8 Å². The summed E-state index contributed by atoms with van der Waals surface area (Å²) in [6, 6.07) is 0.497. The van der Waals surface area contributed by atoms with Gasteiger partial charge >= 0.3 is 5.97 Å². The van der Waals surface area contributed by atoms with Crippen molar-refractivity contribution in [2.75, 3.05) is 13.1 Å². The molecule has 22 heavy (non-hydrogen) atoms. The van der Waals surface area contributed by atoms with Gasteiger partial charge in [0, 0.05) is 20.0 Å². The van der Waals surface area contributed by atoms with Crippen LogP contribution in [-0.2, 0) is 14.1 Å². The molecular formula is C16H32N2O3Si. The Balaban J connectivity index is 2.09. The summed E-state index contributed by atoms with van der Waals surface area (Å²) in [5.41, 5.74) is 0. The van der Waals surface area contributed by atoms with Crippen molar-refractivity contribution in [1.82, 2.24) is 10.4 Å². The zero-order valence-electron chi connectivity index (χ0n) is 14.9. The van der Waals surface area contributed by atoms with Crippen molar-refractivity contribution in [3.05, 3.63) is 0 Å². The zero-order valence-corrected chi connectivity index (χ0v) is 15.9. The van der Waals surface area contributed by atoms with Gasteiger partial charge < -0.3 is 14.6 Å². The summed E-state index contributed by atoms with van der Waals surface area (Å²) < 4.78 is 6.68. The monoisotopic (exact) mass is 328 g/mol. The van der Waals surface area contributed by atoms with E-state index in [4.69, 9.17) is 9.26 Å². The number of carbonyl (C=O) groups excluding carboxylic acids is 1. The topological polar surface area (TPSA) is 50.8 Å². The SMILES string of the molecule is CC(=O)ON1CCN[C@@H]2[C@H]1CCC[C@H]2O[Si](C)(C)C(C)(C)C. The average Bonchev–Trinajstić information content (AvgIpc) is 2.37. The third-order valence-electron chi connectivity index (χ3n) is 5.38. The average molecular weight is 329 g/mol. The van der Waals surface area contributed by atoms with Crippen molar-refractivity contribution in [2.24, 2.45) is 0 Å². The second-order valence-corrected chi connectivity index (χ2v) is 12.9. The number of nitrogens with one attached hydrogen (secondary N) is 1. The minimum atomic E-state index is -1.79. The van der Waals surface area contributed by atoms with E-state index in [0.717, 1.165) is 32.4 Å². The van der Waals surface area contributed by atoms with Crippen molar-refractivity contribution in [3.63, 3.8) is 0 Å². The largest absolute Gasteiger partial charge is 0.412 e. The van der Waals surface area contributed by atoms with Crippen LogP contribution in [0.5, 0.6) is 0 Å². The van der Waals surface area contributed by atoms with E-state index in [2.05, 4.69) is 39.2 Å². The Bertz CT molecular complexity index is 409. The molecule has 1 saturated carbocycles. The highest BCUT2D eigenvalue weighted by atomic mass is 28.4. The highest BCUT2D eigenvalue weighted by Gasteiger charge is 2.46. The van der Waals surface area contributed by atoms with Crippen LogP contribution >= 0.6 is 0 Å². The minimum Gasteiger partial charge on any atom is -0.412 e. The Morgan fingerprint density at radius 1 is 1.27 bits per heavy atom. The molecule has 3 atom stereocenters. The van der Waals surface area contributed by atoms with Crippen LogP contribution in [-0.4, -0.2) is 50.6 Å². The molecule has 0 spiro atoms. The van der Waals surface area contributed by atoms with Gasteiger partial charge in [0.05, 0.1) is 18.2 Å². The van der Waals surface area contributed by atoms with E-state index in [9.17, 15) is 4.79 Å². The Morgan fingerprint density at radius 3 is 2.55 bits per heavy atom. The van der Waals surface area contributed by atoms with Gasteiger partial charge in [-0.05, 0) is 37.4 Å². The molecule has 2 aliphatic rings. The maximum atomic E-state index is 11.3. The fourth-order valence-corrected chi connectivity index (χ4v) is 4.57. The van der Waals surface area contributed by atoms with Crippen LogP contribution in [0.2, 0.25) is 18.1 Å². The normalized spacial score (nSPS) is 30.7. The summed E-state index contributed by atoms with van der Waals surface area (Å²) in [6.07, 6.45) is 3.49. The van der Waals surface area contributed by atoms with Gasteiger partial charge in [-0.3, -0.25) is 4.79 Å². The molecule has 0 radical (unpaired) electrons. The first kappa shape index (κ1) is 17.9. The van der Waals surface area contributed by atoms with Gasteiger partial charge in [0.15, 0.2) is 8.32 Å². The molecule has 1 heterocycles. The van der Waals surface area contributed by atoms with Gasteiger partial charge in [-0.25, -0.2) is 0 Å². The molecule has 1 N–H and O–H groups in total. The van der Waals surface area contributed by atoms with E-state index in [1.807, 2.05) is 5.06 Å². The van der Waals surface area contributed by atoms with Crippen LogP contribution in [0.25, 0.3) is 0 Å². The Hall–Kier alpha value is -0.433. The van der Waals surface area contributed by atoms with Crippen LogP contribution in [0, 0.1) is 0 Å². The number of hydroxylamine groups is 2. The molecule has 0 unspecified atom stereocenters. The van der Waals surface area contributed by atoms with E-state index < -0.39 is 8.32 Å². The number of hydrogen-bond acceptors (Lipinski definition) is 5. The number of fused-ring (bicyclic) bond motifs is 1. The Kier molecular flexibility index (Phi) is 5.37. The zero-order chi connectivity index (χ0) is 16.5. The minimum absolute atomic E-state index is 0.212. The van der Waals surface area contributed by atoms with Crippen molar-refractivity contribution < 1.29 is 14.1 Å². The molecule has 1 aliphatic heterocycles. The Morgan fingerprint density at radius 2 is 1.95 bits per heavy atom. The molecule has 0 aromatic heterocycles. The van der Waals surface area contributed by atoms with E-state index in [1.54, 1.807) is 0 Å². The summed E-state index contributed by atoms with van der Waals surface area (Å²) in [5.74, 6) is -0.229. The number of piperazine rings is 1. The van der Waals surface area contributed by atoms with Gasteiger partial charge in [0.2, 0.25) is 0 Å². The number of carbonyl (C=O) groups is 1. The van der Waals surface area contributed by atoms with E-state index in [0.29, 0.717) is 0 Å². The van der Waals surface area contributed by atoms with Crippen molar-refractivity contribution in [1.29, 1.82) is 0 Å². The predicted molar refractivity (Wildman–Crippen MR) is 90.0 cm³/mol. The van der Waals surface area contributed by atoms with Crippen LogP contribution < -0.4 is 5.32 Å². The summed E-state index contributed by atoms with van der Waals surface area (Å²) in [5, 5.41) is 5.70. The molecule has 1 saturated heterocycles. The molecule has 2 fully saturated rings. The highest BCUT2D eigenvalue weighted by molar-refractivity contribution is 6.74. The fourth-order valence-electron chi connectivity index (χ4n) is 3.20. The molecule has 5 nitrogen and oxygen atoms in total.